The predicted octanol–water partition coefficient (Wildman–Crippen LogP) is -1.97. The first-order valence-corrected chi connectivity index (χ1v) is 7.68. The van der Waals surface area contributed by atoms with Gasteiger partial charge in [-0.05, 0) is 22.6 Å². The number of hydrogen-bond donors (Lipinski definition) is 3. The highest BCUT2D eigenvalue weighted by Gasteiger charge is 2.74. The van der Waals surface area contributed by atoms with Crippen molar-refractivity contribution in [3.05, 3.63) is 0 Å². The smallest absolute Gasteiger partial charge is 0.333 e. The van der Waals surface area contributed by atoms with E-state index in [1.807, 2.05) is 22.6 Å². The minimum Gasteiger partial charge on any atom is -0.480 e. The highest BCUT2D eigenvalue weighted by Crippen LogP contribution is 2.48. The van der Waals surface area contributed by atoms with Crippen LogP contribution in [0.15, 0.2) is 0 Å². The number of carbonyl (C=O) groups is 3. The van der Waals surface area contributed by atoms with Gasteiger partial charge in [-0.2, -0.15) is 0 Å². The SMILES string of the molecule is NC[C@@H]1N[N+]23SC[C@@H](C(=O)O)N2C(=O)[C@H](I)N3C1=O. The van der Waals surface area contributed by atoms with E-state index < -0.39 is 22.1 Å². The third-order valence-electron chi connectivity index (χ3n) is 3.30. The summed E-state index contributed by atoms with van der Waals surface area (Å²) in [6.45, 7) is 0.0963. The summed E-state index contributed by atoms with van der Waals surface area (Å²) >= 11 is 3.04. The maximum Gasteiger partial charge on any atom is 0.333 e. The second-order valence-corrected chi connectivity index (χ2v) is 6.59. The normalized spacial score (nSPS) is 40.8. The molecule has 3 saturated heterocycles. The molecular formula is C8H11IN5O4S+. The van der Waals surface area contributed by atoms with Crippen LogP contribution < -0.4 is 11.2 Å². The van der Waals surface area contributed by atoms with Crippen LogP contribution in [0.25, 0.3) is 0 Å². The van der Waals surface area contributed by atoms with Gasteiger partial charge in [-0.15, -0.1) is 10.0 Å². The van der Waals surface area contributed by atoms with E-state index in [1.165, 1.54) is 22.0 Å². The van der Waals surface area contributed by atoms with Gasteiger partial charge in [0.2, 0.25) is 4.05 Å². The third-order valence-corrected chi connectivity index (χ3v) is 5.65. The molecule has 0 aromatic carbocycles. The van der Waals surface area contributed by atoms with Crippen molar-refractivity contribution >= 4 is 52.3 Å². The molecule has 2 amide bonds. The van der Waals surface area contributed by atoms with Crippen LogP contribution in [0.3, 0.4) is 0 Å². The average molecular weight is 400 g/mol. The van der Waals surface area contributed by atoms with Crippen molar-refractivity contribution in [2.45, 2.75) is 16.1 Å². The Morgan fingerprint density at radius 1 is 1.53 bits per heavy atom. The number of hydrogen-bond acceptors (Lipinski definition) is 6. The molecule has 11 heteroatoms. The number of amides is 2. The first kappa shape index (κ1) is 13.4. The molecule has 3 fully saturated rings. The van der Waals surface area contributed by atoms with Gasteiger partial charge < -0.3 is 10.8 Å². The van der Waals surface area contributed by atoms with Crippen molar-refractivity contribution in [2.24, 2.45) is 5.73 Å². The molecule has 4 atom stereocenters. The van der Waals surface area contributed by atoms with Crippen molar-refractivity contribution in [1.82, 2.24) is 15.4 Å². The monoisotopic (exact) mass is 400 g/mol. The Labute approximate surface area is 125 Å². The maximum absolute atomic E-state index is 12.2. The minimum absolute atomic E-state index is 0.0963. The summed E-state index contributed by atoms with van der Waals surface area (Å²) in [5.74, 6) is -1.52. The van der Waals surface area contributed by atoms with Crippen molar-refractivity contribution in [2.75, 3.05) is 12.3 Å². The summed E-state index contributed by atoms with van der Waals surface area (Å²) in [7, 11) is 0. The number of carbonyl (C=O) groups excluding carboxylic acids is 2. The van der Waals surface area contributed by atoms with Crippen LogP contribution in [-0.4, -0.2) is 65.6 Å². The molecule has 0 radical (unpaired) electrons. The summed E-state index contributed by atoms with van der Waals surface area (Å²) < 4.78 is -1.02. The van der Waals surface area contributed by atoms with E-state index in [1.54, 1.807) is 0 Å². The highest BCUT2D eigenvalue weighted by atomic mass is 127. The molecule has 0 saturated carbocycles. The quantitative estimate of drug-likeness (QED) is 0.162. The second-order valence-electron chi connectivity index (χ2n) is 4.31. The number of alkyl halides is 1. The lowest BCUT2D eigenvalue weighted by Crippen LogP contribution is -2.61. The molecule has 0 bridgehead atoms. The highest BCUT2D eigenvalue weighted by molar-refractivity contribution is 14.1. The molecule has 3 heterocycles. The van der Waals surface area contributed by atoms with Gasteiger partial charge in [-0.1, -0.05) is 5.43 Å². The summed E-state index contributed by atoms with van der Waals surface area (Å²) in [4.78, 5) is 35.7. The number of nitrogens with one attached hydrogen (secondary N) is 1. The third kappa shape index (κ3) is 1.50. The van der Waals surface area contributed by atoms with Gasteiger partial charge >= 0.3 is 11.9 Å². The summed E-state index contributed by atoms with van der Waals surface area (Å²) in [6.07, 6.45) is 0. The Hall–Kier alpha value is -0.630. The number of halogens is 1. The standard InChI is InChI=1S/C8H10IN5O4S/c9-5-7(16)12-4(8(17)18)2-19-14(12)11-3(1-10)6(15)13(5)14/h3-5,11H,1-2,10H2/p+1/t3-,4-,5+,14?/m0/s1. The first-order valence-electron chi connectivity index (χ1n) is 5.49. The molecule has 104 valence electrons. The molecule has 0 aromatic heterocycles. The fraction of sp³-hybridized carbons (Fsp3) is 0.625. The molecular weight excluding hydrogens is 389 g/mol. The van der Waals surface area contributed by atoms with E-state index in [9.17, 15) is 19.5 Å². The number of aliphatic carboxylic acids is 1. The predicted molar refractivity (Wildman–Crippen MR) is 71.6 cm³/mol. The summed E-state index contributed by atoms with van der Waals surface area (Å²) in [5, 5.41) is 11.8. The molecule has 0 aliphatic carbocycles. The number of nitrogens with two attached hydrogens (primary N) is 1. The van der Waals surface area contributed by atoms with Crippen molar-refractivity contribution in [3.63, 3.8) is 0 Å². The van der Waals surface area contributed by atoms with Crippen LogP contribution in [0.4, 0.5) is 0 Å². The Morgan fingerprint density at radius 2 is 2.21 bits per heavy atom. The topological polar surface area (TPSA) is 116 Å². The largest absolute Gasteiger partial charge is 0.480 e. The van der Waals surface area contributed by atoms with Gasteiger partial charge in [0.05, 0.1) is 5.75 Å². The van der Waals surface area contributed by atoms with Crippen LogP contribution >= 0.6 is 34.5 Å². The molecule has 1 spiro atoms. The van der Waals surface area contributed by atoms with Gasteiger partial charge in [-0.25, -0.2) is 4.79 Å². The molecule has 3 aliphatic rings. The fourth-order valence-corrected chi connectivity index (χ4v) is 5.00. The molecule has 3 rings (SSSR count). The van der Waals surface area contributed by atoms with Crippen LogP contribution in [0, 0.1) is 0 Å². The van der Waals surface area contributed by atoms with Crippen molar-refractivity contribution < 1.29 is 23.7 Å². The van der Waals surface area contributed by atoms with Gasteiger partial charge in [0.15, 0.2) is 24.0 Å². The van der Waals surface area contributed by atoms with Gasteiger partial charge in [0.1, 0.15) is 0 Å². The van der Waals surface area contributed by atoms with E-state index in [0.717, 1.165) is 0 Å². The lowest BCUT2D eigenvalue weighted by molar-refractivity contribution is -1.01. The lowest BCUT2D eigenvalue weighted by Gasteiger charge is -2.29. The average Bonchev–Trinajstić information content (AvgIpc) is 2.92. The van der Waals surface area contributed by atoms with Crippen LogP contribution in [0.2, 0.25) is 0 Å². The Kier molecular flexibility index (Phi) is 2.94. The van der Waals surface area contributed by atoms with Crippen LogP contribution in [0.1, 0.15) is 0 Å². The molecule has 9 nitrogen and oxygen atoms in total. The van der Waals surface area contributed by atoms with E-state index in [4.69, 9.17) is 5.73 Å². The van der Waals surface area contributed by atoms with E-state index >= 15 is 0 Å². The lowest BCUT2D eigenvalue weighted by atomic mass is 10.3. The summed E-state index contributed by atoms with van der Waals surface area (Å²) in [6, 6.07) is -1.55. The zero-order valence-electron chi connectivity index (χ0n) is 9.52. The minimum atomic E-state index is -1.08. The molecule has 1 unspecified atom stereocenters. The van der Waals surface area contributed by atoms with E-state index in [2.05, 4.69) is 5.43 Å². The Morgan fingerprint density at radius 3 is 2.79 bits per heavy atom. The second kappa shape index (κ2) is 4.18. The first-order chi connectivity index (χ1) is 8.94. The molecule has 3 aliphatic heterocycles. The molecule has 19 heavy (non-hydrogen) atoms. The van der Waals surface area contributed by atoms with Crippen molar-refractivity contribution in [1.29, 1.82) is 0 Å². The van der Waals surface area contributed by atoms with E-state index in [0.29, 0.717) is 0 Å². The zero-order chi connectivity index (χ0) is 13.9. The number of carboxylic acid groups (broad SMARTS) is 1. The van der Waals surface area contributed by atoms with Crippen LogP contribution in [-0.2, 0) is 14.4 Å². The number of rotatable bonds is 2. The van der Waals surface area contributed by atoms with Crippen LogP contribution in [0.5, 0.6) is 0 Å². The number of quaternary nitrogens is 1. The maximum atomic E-state index is 12.2. The molecule has 4 N–H and O–H groups in total. The van der Waals surface area contributed by atoms with E-state index in [-0.39, 0.29) is 28.3 Å². The fourth-order valence-electron chi connectivity index (χ4n) is 2.45. The Bertz CT molecular complexity index is 492. The van der Waals surface area contributed by atoms with Gasteiger partial charge in [-0.3, -0.25) is 9.59 Å². The Balaban J connectivity index is 2.06. The van der Waals surface area contributed by atoms with Gasteiger partial charge in [0.25, 0.3) is 5.91 Å². The molecule has 0 aromatic rings. The van der Waals surface area contributed by atoms with Gasteiger partial charge in [0, 0.05) is 10.8 Å². The number of carboxylic acids is 1. The number of nitrogens with zero attached hydrogens (tertiary/aromatic N) is 3. The zero-order valence-corrected chi connectivity index (χ0v) is 12.5. The summed E-state index contributed by atoms with van der Waals surface area (Å²) in [5.41, 5.74) is 8.49. The van der Waals surface area contributed by atoms with Crippen molar-refractivity contribution in [3.8, 4) is 0 Å².